The Morgan fingerprint density at radius 3 is 1.67 bits per heavy atom. The third-order valence-electron chi connectivity index (χ3n) is 3.22. The summed E-state index contributed by atoms with van der Waals surface area (Å²) in [5, 5.41) is 19.0. The molecule has 0 radical (unpaired) electrons. The number of ether oxygens (including phenoxy) is 2. The van der Waals surface area contributed by atoms with Crippen molar-refractivity contribution in [1.82, 2.24) is 0 Å². The lowest BCUT2D eigenvalue weighted by Gasteiger charge is -2.18. The average molecular weight is 376 g/mol. The van der Waals surface area contributed by atoms with Gasteiger partial charge in [0.25, 0.3) is 0 Å². The molecule has 0 unspecified atom stereocenters. The van der Waals surface area contributed by atoms with Crippen LogP contribution in [0.25, 0.3) is 0 Å². The Labute approximate surface area is 153 Å². The number of aliphatic hydroxyl groups is 1. The Bertz CT molecular complexity index is 802. The van der Waals surface area contributed by atoms with Crippen molar-refractivity contribution in [2.24, 2.45) is 0 Å². The highest BCUT2D eigenvalue weighted by Gasteiger charge is 2.38. The van der Waals surface area contributed by atoms with E-state index in [2.05, 4.69) is 9.47 Å². The van der Waals surface area contributed by atoms with Crippen molar-refractivity contribution < 1.29 is 44.3 Å². The van der Waals surface area contributed by atoms with Gasteiger partial charge in [0.15, 0.2) is 0 Å². The van der Waals surface area contributed by atoms with Crippen LogP contribution in [-0.2, 0) is 19.1 Å². The minimum atomic E-state index is -2.38. The van der Waals surface area contributed by atoms with Gasteiger partial charge in [0.05, 0.1) is 11.1 Å². The quantitative estimate of drug-likeness (QED) is 0.535. The lowest BCUT2D eigenvalue weighted by molar-refractivity contribution is -0.166. The van der Waals surface area contributed by atoms with Crippen LogP contribution in [0, 0.1) is 0 Å². The van der Waals surface area contributed by atoms with E-state index >= 15 is 0 Å². The van der Waals surface area contributed by atoms with E-state index in [0.29, 0.717) is 0 Å². The predicted octanol–water partition coefficient (Wildman–Crippen LogP) is 0.216. The van der Waals surface area contributed by atoms with Gasteiger partial charge in [0.2, 0.25) is 12.2 Å². The van der Waals surface area contributed by atoms with Gasteiger partial charge in [-0.1, -0.05) is 36.4 Å². The number of esters is 3. The van der Waals surface area contributed by atoms with E-state index < -0.39 is 36.1 Å². The largest absolute Gasteiger partial charge is 0.478 e. The third-order valence-corrected chi connectivity index (χ3v) is 3.22. The summed E-state index contributed by atoms with van der Waals surface area (Å²) in [6.45, 7) is 0. The molecule has 2 atom stereocenters. The smallest absolute Gasteiger partial charge is 0.348 e. The molecule has 0 aliphatic carbocycles. The molecule has 2 aromatic rings. The van der Waals surface area contributed by atoms with Gasteiger partial charge in [-0.15, -0.1) is 0 Å². The van der Waals surface area contributed by atoms with Gasteiger partial charge in [0.1, 0.15) is 0 Å². The summed E-state index contributed by atoms with van der Waals surface area (Å²) in [6, 6.07) is 14.8. The first-order valence-electron chi connectivity index (χ1n) is 7.38. The summed E-state index contributed by atoms with van der Waals surface area (Å²) in [6.07, 6.45) is -4.62. The molecular weight excluding hydrogens is 360 g/mol. The zero-order valence-corrected chi connectivity index (χ0v) is 13.8. The van der Waals surface area contributed by atoms with Crippen molar-refractivity contribution in [1.29, 1.82) is 0 Å². The Morgan fingerprint density at radius 1 is 0.778 bits per heavy atom. The molecular formula is C18H16O9. The van der Waals surface area contributed by atoms with E-state index in [1.807, 2.05) is 0 Å². The molecule has 0 amide bonds. The lowest BCUT2D eigenvalue weighted by Crippen LogP contribution is -2.44. The average Bonchev–Trinajstić information content (AvgIpc) is 2.66. The van der Waals surface area contributed by atoms with Crippen LogP contribution >= 0.6 is 0 Å². The molecule has 27 heavy (non-hydrogen) atoms. The van der Waals surface area contributed by atoms with Crippen LogP contribution in [0.4, 0.5) is 0 Å². The van der Waals surface area contributed by atoms with Crippen LogP contribution in [0.5, 0.6) is 0 Å². The number of carboxylic acid groups (broad SMARTS) is 1. The zero-order valence-electron chi connectivity index (χ0n) is 13.8. The molecule has 0 aromatic heterocycles. The minimum absolute atomic E-state index is 0. The van der Waals surface area contributed by atoms with Crippen LogP contribution in [0.3, 0.4) is 0 Å². The van der Waals surface area contributed by atoms with E-state index in [1.54, 1.807) is 12.1 Å². The number of hydrogen-bond donors (Lipinski definition) is 2. The summed E-state index contributed by atoms with van der Waals surface area (Å²) in [5.41, 5.74) is 0.0564. The molecule has 2 rings (SSSR count). The number of aliphatic hydroxyl groups excluding tert-OH is 1. The third kappa shape index (κ3) is 5.73. The van der Waals surface area contributed by atoms with Crippen molar-refractivity contribution >= 4 is 23.9 Å². The van der Waals surface area contributed by atoms with Gasteiger partial charge in [-0.3, -0.25) is 0 Å². The number of benzene rings is 2. The van der Waals surface area contributed by atoms with E-state index in [4.69, 9.17) is 5.11 Å². The molecule has 0 saturated carbocycles. The second-order valence-corrected chi connectivity index (χ2v) is 5.05. The van der Waals surface area contributed by atoms with Gasteiger partial charge in [-0.25, -0.2) is 19.2 Å². The number of carbonyl (C=O) groups is 4. The normalized spacial score (nSPS) is 12.0. The number of hydrogen-bond acceptors (Lipinski definition) is 7. The van der Waals surface area contributed by atoms with Crippen LogP contribution in [0.2, 0.25) is 0 Å². The maximum atomic E-state index is 11.9. The second-order valence-electron chi connectivity index (χ2n) is 5.05. The van der Waals surface area contributed by atoms with Crippen LogP contribution in [-0.4, -0.2) is 51.8 Å². The Morgan fingerprint density at radius 2 is 1.22 bits per heavy atom. The molecule has 0 saturated heterocycles. The number of rotatable bonds is 6. The molecule has 0 aliphatic heterocycles. The van der Waals surface area contributed by atoms with Gasteiger partial charge in [-0.2, -0.15) is 0 Å². The lowest BCUT2D eigenvalue weighted by atomic mass is 10.2. The summed E-state index contributed by atoms with van der Waals surface area (Å²) in [4.78, 5) is 46.8. The topological polar surface area (TPSA) is 159 Å². The zero-order chi connectivity index (χ0) is 19.1. The van der Waals surface area contributed by atoms with Crippen molar-refractivity contribution in [2.45, 2.75) is 12.2 Å². The number of carbonyl (C=O) groups excluding carboxylic acids is 3. The molecule has 142 valence electrons. The molecule has 0 bridgehead atoms. The van der Waals surface area contributed by atoms with Crippen molar-refractivity contribution in [3.8, 4) is 0 Å². The molecule has 4 N–H and O–H groups in total. The second kappa shape index (κ2) is 9.80. The van der Waals surface area contributed by atoms with Crippen molar-refractivity contribution in [3.63, 3.8) is 0 Å². The number of aliphatic carboxylic acids is 1. The van der Waals surface area contributed by atoms with E-state index in [0.717, 1.165) is 0 Å². The maximum Gasteiger partial charge on any atom is 0.348 e. The van der Waals surface area contributed by atoms with Gasteiger partial charge < -0.3 is 25.2 Å². The van der Waals surface area contributed by atoms with Crippen LogP contribution < -0.4 is 0 Å². The van der Waals surface area contributed by atoms with Gasteiger partial charge in [0, 0.05) is 0 Å². The fourth-order valence-electron chi connectivity index (χ4n) is 1.92. The minimum Gasteiger partial charge on any atom is -0.478 e. The molecule has 9 heteroatoms. The fourth-order valence-corrected chi connectivity index (χ4v) is 1.92. The molecule has 0 spiro atoms. The molecule has 2 aromatic carbocycles. The van der Waals surface area contributed by atoms with Crippen LogP contribution in [0.15, 0.2) is 60.7 Å². The Balaban J connectivity index is 0.00000364. The molecule has 0 aliphatic rings. The summed E-state index contributed by atoms with van der Waals surface area (Å²) >= 11 is 0. The first-order valence-corrected chi connectivity index (χ1v) is 7.38. The maximum absolute atomic E-state index is 11.9. The standard InChI is InChI=1S/C18H14O8.H2O/c19-13(18(24)26-17(23)12-9-5-2-6-10-12)14(15(20)21)25-16(22)11-7-3-1-4-8-11;/h1-10,13-14,19H,(H,20,21);1H2/t13-,14-;/m1./s1. The van der Waals surface area contributed by atoms with Gasteiger partial charge in [-0.05, 0) is 24.3 Å². The van der Waals surface area contributed by atoms with E-state index in [1.165, 1.54) is 48.5 Å². The van der Waals surface area contributed by atoms with Gasteiger partial charge >= 0.3 is 23.9 Å². The summed E-state index contributed by atoms with van der Waals surface area (Å²) < 4.78 is 9.10. The molecule has 0 fully saturated rings. The van der Waals surface area contributed by atoms with Crippen LogP contribution in [0.1, 0.15) is 20.7 Å². The SMILES string of the molecule is O.O=C(OC(=O)[C@H](O)[C@@H](OC(=O)c1ccccc1)C(=O)O)c1ccccc1. The van der Waals surface area contributed by atoms with E-state index in [9.17, 15) is 24.3 Å². The highest BCUT2D eigenvalue weighted by molar-refractivity contribution is 5.99. The fraction of sp³-hybridized carbons (Fsp3) is 0.111. The Kier molecular flexibility index (Phi) is 7.80. The number of carboxylic acids is 1. The highest BCUT2D eigenvalue weighted by Crippen LogP contribution is 2.10. The van der Waals surface area contributed by atoms with Crippen molar-refractivity contribution in [2.75, 3.05) is 0 Å². The summed E-state index contributed by atoms with van der Waals surface area (Å²) in [5.74, 6) is -5.45. The first-order chi connectivity index (χ1) is 12.4. The highest BCUT2D eigenvalue weighted by atomic mass is 16.6. The molecule has 0 heterocycles. The molecule has 9 nitrogen and oxygen atoms in total. The summed E-state index contributed by atoms with van der Waals surface area (Å²) in [7, 11) is 0. The van der Waals surface area contributed by atoms with E-state index in [-0.39, 0.29) is 16.6 Å². The monoisotopic (exact) mass is 376 g/mol. The Hall–Kier alpha value is -3.56. The van der Waals surface area contributed by atoms with Crippen molar-refractivity contribution in [3.05, 3.63) is 71.8 Å². The first kappa shape index (κ1) is 21.5. The predicted molar refractivity (Wildman–Crippen MR) is 89.8 cm³/mol.